The number of aliphatic hydroxyl groups is 1. The Morgan fingerprint density at radius 1 is 0.975 bits per heavy atom. The second kappa shape index (κ2) is 15.6. The molecule has 5 rings (SSSR count). The van der Waals surface area contributed by atoms with Gasteiger partial charge in [-0.15, -0.1) is 34.9 Å². The summed E-state index contributed by atoms with van der Waals surface area (Å²) in [7, 11) is 0. The summed E-state index contributed by atoms with van der Waals surface area (Å²) in [5.74, 6) is 1.58. The number of hydrogen-bond acceptors (Lipinski definition) is 3. The molecular weight excluding hydrogens is 671 g/mol. The van der Waals surface area contributed by atoms with Crippen LogP contribution in [0.15, 0.2) is 54.4 Å². The molecule has 1 atom stereocenters. The van der Waals surface area contributed by atoms with Gasteiger partial charge in [0.1, 0.15) is 0 Å². The van der Waals surface area contributed by atoms with Crippen molar-refractivity contribution in [3.8, 4) is 11.3 Å². The Labute approximate surface area is 255 Å². The number of aliphatic hydroxyl groups excluding tert-OH is 1. The van der Waals surface area contributed by atoms with E-state index >= 15 is 0 Å². The van der Waals surface area contributed by atoms with Crippen molar-refractivity contribution >= 4 is 16.6 Å². The average Bonchev–Trinajstić information content (AvgIpc) is 2.96. The van der Waals surface area contributed by atoms with Gasteiger partial charge in [0.05, 0.1) is 5.76 Å². The van der Waals surface area contributed by atoms with Crippen LogP contribution in [0.3, 0.4) is 0 Å². The zero-order chi connectivity index (χ0) is 27.8. The largest absolute Gasteiger partial charge is 0.512 e. The van der Waals surface area contributed by atoms with E-state index in [1.807, 2.05) is 6.20 Å². The number of pyridine rings is 1. The van der Waals surface area contributed by atoms with Gasteiger partial charge in [0, 0.05) is 44.2 Å². The summed E-state index contributed by atoms with van der Waals surface area (Å²) >= 11 is 0. The van der Waals surface area contributed by atoms with E-state index in [0.717, 1.165) is 48.9 Å². The fourth-order valence-corrected chi connectivity index (χ4v) is 6.14. The van der Waals surface area contributed by atoms with Crippen LogP contribution in [-0.4, -0.2) is 15.9 Å². The van der Waals surface area contributed by atoms with Crippen LogP contribution in [0.2, 0.25) is 0 Å². The number of carbonyl (C=O) groups is 1. The number of aryl methyl sites for hydroxylation is 2. The minimum absolute atomic E-state index is 0. The van der Waals surface area contributed by atoms with Crippen LogP contribution in [0.4, 0.5) is 0 Å². The predicted octanol–water partition coefficient (Wildman–Crippen LogP) is 9.99. The molecule has 3 nitrogen and oxygen atoms in total. The van der Waals surface area contributed by atoms with Crippen LogP contribution in [0, 0.1) is 31.7 Å². The molecule has 2 aromatic carbocycles. The van der Waals surface area contributed by atoms with E-state index in [1.54, 1.807) is 6.08 Å². The maximum atomic E-state index is 12.0. The molecule has 0 bridgehead atoms. The maximum Gasteiger partial charge on any atom is 0.162 e. The predicted molar refractivity (Wildman–Crippen MR) is 163 cm³/mol. The van der Waals surface area contributed by atoms with Crippen molar-refractivity contribution in [1.82, 2.24) is 4.98 Å². The van der Waals surface area contributed by atoms with Gasteiger partial charge in [0.25, 0.3) is 0 Å². The number of nitrogens with zero attached hydrogens (tertiary/aromatic N) is 1. The first kappa shape index (κ1) is 32.2. The summed E-state index contributed by atoms with van der Waals surface area (Å²) in [5, 5.41) is 12.5. The molecule has 2 aliphatic rings. The average molecular weight is 717 g/mol. The summed E-state index contributed by atoms with van der Waals surface area (Å²) in [6.45, 7) is 8.72. The molecule has 1 aromatic heterocycles. The van der Waals surface area contributed by atoms with Gasteiger partial charge in [-0.2, -0.15) is 0 Å². The van der Waals surface area contributed by atoms with Crippen molar-refractivity contribution < 1.29 is 30.0 Å². The van der Waals surface area contributed by atoms with E-state index in [-0.39, 0.29) is 37.7 Å². The first-order valence-electron chi connectivity index (χ1n) is 15.2. The van der Waals surface area contributed by atoms with E-state index in [0.29, 0.717) is 11.7 Å². The van der Waals surface area contributed by atoms with Crippen LogP contribution >= 0.6 is 0 Å². The van der Waals surface area contributed by atoms with E-state index in [4.69, 9.17) is 0 Å². The summed E-state index contributed by atoms with van der Waals surface area (Å²) < 4.78 is 0. The zero-order valence-corrected chi connectivity index (χ0v) is 27.2. The Balaban J connectivity index is 0.000000222. The minimum Gasteiger partial charge on any atom is -0.512 e. The molecule has 217 valence electrons. The van der Waals surface area contributed by atoms with Crippen LogP contribution < -0.4 is 0 Å². The molecule has 0 spiro atoms. The number of allylic oxidation sites excluding steroid dienone is 2. The van der Waals surface area contributed by atoms with Gasteiger partial charge in [-0.1, -0.05) is 84.4 Å². The zero-order valence-electron chi connectivity index (χ0n) is 24.8. The Morgan fingerprint density at radius 3 is 2.25 bits per heavy atom. The Bertz CT molecular complexity index is 1260. The standard InChI is InChI=1S/C21H22N.C15H24O2.Ir/c1-5-16(4)17-6-7-20-18(13-17)8-9-22-21(20)19-11-14(2)10-15(3)12-19;16-14(12-7-3-1-4-8-12)11-15(17)13-9-5-2-6-10-13;/h6-11,13,16H,5H2,1-4H3;11-13,16H,1-10H2;/q-1;;/b;14-11-;. The van der Waals surface area contributed by atoms with Gasteiger partial charge < -0.3 is 10.1 Å². The fourth-order valence-electron chi connectivity index (χ4n) is 6.14. The molecule has 40 heavy (non-hydrogen) atoms. The van der Waals surface area contributed by atoms with Gasteiger partial charge in [0.15, 0.2) is 5.78 Å². The van der Waals surface area contributed by atoms with Crippen LogP contribution in [0.1, 0.15) is 107 Å². The van der Waals surface area contributed by atoms with Gasteiger partial charge in [-0.3, -0.25) is 4.79 Å². The Hall–Kier alpha value is -2.29. The summed E-state index contributed by atoms with van der Waals surface area (Å²) in [6, 6.07) is 16.6. The summed E-state index contributed by atoms with van der Waals surface area (Å²) in [4.78, 5) is 16.6. The Morgan fingerprint density at radius 2 is 1.62 bits per heavy atom. The van der Waals surface area contributed by atoms with Crippen molar-refractivity contribution in [3.63, 3.8) is 0 Å². The van der Waals surface area contributed by atoms with Crippen molar-refractivity contribution in [2.75, 3.05) is 0 Å². The quantitative estimate of drug-likeness (QED) is 0.157. The van der Waals surface area contributed by atoms with Crippen molar-refractivity contribution in [1.29, 1.82) is 0 Å². The first-order valence-corrected chi connectivity index (χ1v) is 15.2. The molecular formula is C36H46IrNO2-. The van der Waals surface area contributed by atoms with Gasteiger partial charge in [-0.05, 0) is 66.1 Å². The SMILES string of the molecule is CCC(C)c1ccc2c(-c3[c-]c(C)cc(C)c3)nccc2c1.O=C(/C=C(\O)C1CCCCC1)C1CCCCC1.[Ir]. The third kappa shape index (κ3) is 8.60. The second-order valence-corrected chi connectivity index (χ2v) is 11.8. The Kier molecular flexibility index (Phi) is 12.6. The fraction of sp³-hybridized carbons (Fsp3) is 0.500. The molecule has 2 aliphatic carbocycles. The topological polar surface area (TPSA) is 50.2 Å². The maximum absolute atomic E-state index is 12.0. The monoisotopic (exact) mass is 717 g/mol. The van der Waals surface area contributed by atoms with Crippen LogP contribution in [0.25, 0.3) is 22.0 Å². The van der Waals surface area contributed by atoms with Crippen molar-refractivity contribution in [3.05, 3.63) is 77.2 Å². The molecule has 3 aromatic rings. The van der Waals surface area contributed by atoms with Crippen LogP contribution in [0.5, 0.6) is 0 Å². The van der Waals surface area contributed by atoms with E-state index in [1.165, 1.54) is 60.4 Å². The van der Waals surface area contributed by atoms with Crippen LogP contribution in [-0.2, 0) is 24.9 Å². The number of fused-ring (bicyclic) bond motifs is 1. The normalized spacial score (nSPS) is 17.4. The molecule has 1 heterocycles. The molecule has 2 saturated carbocycles. The third-order valence-corrected chi connectivity index (χ3v) is 8.69. The van der Waals surface area contributed by atoms with Crippen molar-refractivity contribution in [2.24, 2.45) is 11.8 Å². The molecule has 0 saturated heterocycles. The van der Waals surface area contributed by atoms with E-state index in [2.05, 4.69) is 75.1 Å². The second-order valence-electron chi connectivity index (χ2n) is 11.8. The van der Waals surface area contributed by atoms with Gasteiger partial charge >= 0.3 is 0 Å². The number of ketones is 1. The molecule has 1 unspecified atom stereocenters. The molecule has 0 aliphatic heterocycles. The number of carbonyl (C=O) groups excluding carboxylic acids is 1. The molecule has 1 N–H and O–H groups in total. The van der Waals surface area contributed by atoms with Gasteiger partial charge in [0.2, 0.25) is 0 Å². The first-order chi connectivity index (χ1) is 18.9. The third-order valence-electron chi connectivity index (χ3n) is 8.69. The molecule has 1 radical (unpaired) electrons. The van der Waals surface area contributed by atoms with E-state index < -0.39 is 0 Å². The summed E-state index contributed by atoms with van der Waals surface area (Å²) in [6.07, 6.45) is 16.1. The smallest absolute Gasteiger partial charge is 0.162 e. The molecule has 0 amide bonds. The number of aromatic nitrogens is 1. The molecule has 2 fully saturated rings. The van der Waals surface area contributed by atoms with Crippen molar-refractivity contribution in [2.45, 2.75) is 104 Å². The van der Waals surface area contributed by atoms with E-state index in [9.17, 15) is 9.90 Å². The summed E-state index contributed by atoms with van der Waals surface area (Å²) in [5.41, 5.74) is 5.92. The number of benzene rings is 2. The number of hydrogen-bond donors (Lipinski definition) is 1. The minimum atomic E-state index is 0. The number of rotatable bonds is 6. The molecule has 4 heteroatoms. The van der Waals surface area contributed by atoms with Gasteiger partial charge in [-0.25, -0.2) is 0 Å².